The molecule has 0 aliphatic carbocycles. The van der Waals surface area contributed by atoms with Crippen molar-refractivity contribution in [2.75, 3.05) is 0 Å². The van der Waals surface area contributed by atoms with Crippen LogP contribution in [-0.4, -0.2) is 15.1 Å². The molecule has 0 amide bonds. The van der Waals surface area contributed by atoms with Crippen molar-refractivity contribution >= 4 is 5.69 Å². The van der Waals surface area contributed by atoms with Crippen LogP contribution in [0.2, 0.25) is 0 Å². The van der Waals surface area contributed by atoms with Crippen molar-refractivity contribution in [3.8, 4) is 0 Å². The van der Waals surface area contributed by atoms with Gasteiger partial charge in [0.05, 0.1) is 11.1 Å². The minimum atomic E-state index is -0.510. The normalized spacial score (nSPS) is 8.00. The largest absolute Gasteiger partial charge is 0.344 e. The van der Waals surface area contributed by atoms with E-state index in [1.165, 1.54) is 6.20 Å². The minimum absolute atomic E-state index is 0. The van der Waals surface area contributed by atoms with E-state index < -0.39 is 4.92 Å². The summed E-state index contributed by atoms with van der Waals surface area (Å²) in [7, 11) is 0. The standard InChI is InChI=1S/C3H3N3O2.H3N/c7-6(8)3-1-4-5-2-3;/h1-2H,(H,4,5);1H3. The van der Waals surface area contributed by atoms with E-state index in [9.17, 15) is 10.1 Å². The number of nitrogens with zero attached hydrogens (tertiary/aromatic N) is 2. The third kappa shape index (κ3) is 1.50. The van der Waals surface area contributed by atoms with Gasteiger partial charge >= 0.3 is 5.69 Å². The van der Waals surface area contributed by atoms with Crippen LogP contribution >= 0.6 is 0 Å². The molecule has 0 unspecified atom stereocenters. The summed E-state index contributed by atoms with van der Waals surface area (Å²) in [6.45, 7) is 0. The zero-order valence-electron chi connectivity index (χ0n) is 4.57. The van der Waals surface area contributed by atoms with E-state index >= 15 is 0 Å². The van der Waals surface area contributed by atoms with Crippen LogP contribution in [0.1, 0.15) is 0 Å². The molecule has 0 bridgehead atoms. The molecular weight excluding hydrogens is 124 g/mol. The second-order valence-corrected chi connectivity index (χ2v) is 1.21. The molecule has 1 aromatic heterocycles. The average Bonchev–Trinajstić information content (AvgIpc) is 2.12. The summed E-state index contributed by atoms with van der Waals surface area (Å²) in [5.41, 5.74) is -0.00926. The highest BCUT2D eigenvalue weighted by Gasteiger charge is 2.02. The van der Waals surface area contributed by atoms with Crippen LogP contribution in [0.4, 0.5) is 5.69 Å². The van der Waals surface area contributed by atoms with Crippen molar-refractivity contribution in [3.05, 3.63) is 22.5 Å². The smallest absolute Gasteiger partial charge is 0.306 e. The Morgan fingerprint density at radius 3 is 2.67 bits per heavy atom. The summed E-state index contributed by atoms with van der Waals surface area (Å²) in [4.78, 5) is 9.30. The molecule has 6 nitrogen and oxygen atoms in total. The van der Waals surface area contributed by atoms with Crippen molar-refractivity contribution in [1.29, 1.82) is 0 Å². The van der Waals surface area contributed by atoms with Crippen LogP contribution in [0.15, 0.2) is 12.4 Å². The van der Waals surface area contributed by atoms with Crippen molar-refractivity contribution in [2.24, 2.45) is 0 Å². The molecule has 0 aliphatic rings. The molecule has 1 heterocycles. The Balaban J connectivity index is 0.000000640. The zero-order valence-corrected chi connectivity index (χ0v) is 4.57. The summed E-state index contributed by atoms with van der Waals surface area (Å²) in [5, 5.41) is 15.5. The SMILES string of the molecule is N.O=[N+]([O-])c1cn[nH]c1. The van der Waals surface area contributed by atoms with Crippen LogP contribution in [0.25, 0.3) is 0 Å². The molecule has 0 spiro atoms. The van der Waals surface area contributed by atoms with E-state index in [0.29, 0.717) is 0 Å². The maximum absolute atomic E-state index is 9.81. The van der Waals surface area contributed by atoms with E-state index in [4.69, 9.17) is 0 Å². The molecule has 0 aliphatic heterocycles. The number of nitro groups is 1. The number of hydrogen-bond donors (Lipinski definition) is 2. The van der Waals surface area contributed by atoms with Gasteiger partial charge in [-0.05, 0) is 0 Å². The summed E-state index contributed by atoms with van der Waals surface area (Å²) < 4.78 is 0. The van der Waals surface area contributed by atoms with Gasteiger partial charge in [-0.2, -0.15) is 5.10 Å². The molecule has 1 rings (SSSR count). The fourth-order valence-corrected chi connectivity index (χ4v) is 0.344. The molecule has 0 radical (unpaired) electrons. The number of hydrogen-bond acceptors (Lipinski definition) is 4. The van der Waals surface area contributed by atoms with Crippen molar-refractivity contribution in [2.45, 2.75) is 0 Å². The summed E-state index contributed by atoms with van der Waals surface area (Å²) >= 11 is 0. The highest BCUT2D eigenvalue weighted by atomic mass is 16.6. The van der Waals surface area contributed by atoms with Crippen molar-refractivity contribution in [3.63, 3.8) is 0 Å². The van der Waals surface area contributed by atoms with Gasteiger partial charge in [-0.1, -0.05) is 0 Å². The highest BCUT2D eigenvalue weighted by molar-refractivity contribution is 5.19. The van der Waals surface area contributed by atoms with E-state index in [0.717, 1.165) is 6.20 Å². The van der Waals surface area contributed by atoms with E-state index in [1.54, 1.807) is 0 Å². The molecular formula is C3H6N4O2. The van der Waals surface area contributed by atoms with Crippen LogP contribution in [0, 0.1) is 10.1 Å². The summed E-state index contributed by atoms with van der Waals surface area (Å²) in [5.74, 6) is 0. The molecule has 9 heavy (non-hydrogen) atoms. The first-order valence-electron chi connectivity index (χ1n) is 1.94. The highest BCUT2D eigenvalue weighted by Crippen LogP contribution is 2.02. The van der Waals surface area contributed by atoms with E-state index in [-0.39, 0.29) is 11.8 Å². The predicted molar refractivity (Wildman–Crippen MR) is 30.3 cm³/mol. The lowest BCUT2D eigenvalue weighted by Gasteiger charge is -1.75. The summed E-state index contributed by atoms with van der Waals surface area (Å²) in [6, 6.07) is 0. The van der Waals surface area contributed by atoms with Gasteiger partial charge in [-0.15, -0.1) is 0 Å². The second-order valence-electron chi connectivity index (χ2n) is 1.21. The quantitative estimate of drug-likeness (QED) is 0.425. The van der Waals surface area contributed by atoms with Crippen molar-refractivity contribution in [1.82, 2.24) is 16.3 Å². The third-order valence-electron chi connectivity index (χ3n) is 0.695. The van der Waals surface area contributed by atoms with Gasteiger partial charge in [0.25, 0.3) is 0 Å². The van der Waals surface area contributed by atoms with Gasteiger partial charge in [0, 0.05) is 0 Å². The number of aromatic amines is 1. The maximum Gasteiger partial charge on any atom is 0.306 e. The fraction of sp³-hybridized carbons (Fsp3) is 0. The Morgan fingerprint density at radius 2 is 2.44 bits per heavy atom. The van der Waals surface area contributed by atoms with Crippen LogP contribution in [-0.2, 0) is 0 Å². The third-order valence-corrected chi connectivity index (χ3v) is 0.695. The number of rotatable bonds is 1. The van der Waals surface area contributed by atoms with Gasteiger partial charge in [-0.3, -0.25) is 15.2 Å². The van der Waals surface area contributed by atoms with Gasteiger partial charge in [0.1, 0.15) is 6.20 Å². The first-order chi connectivity index (χ1) is 3.80. The van der Waals surface area contributed by atoms with Gasteiger partial charge in [-0.25, -0.2) is 0 Å². The van der Waals surface area contributed by atoms with Gasteiger partial charge < -0.3 is 6.15 Å². The molecule has 0 saturated carbocycles. The second kappa shape index (κ2) is 2.78. The molecule has 4 N–H and O–H groups in total. The fourth-order valence-electron chi connectivity index (χ4n) is 0.344. The Morgan fingerprint density at radius 1 is 1.78 bits per heavy atom. The lowest BCUT2D eigenvalue weighted by Crippen LogP contribution is -1.82. The first-order valence-corrected chi connectivity index (χ1v) is 1.94. The Kier molecular flexibility index (Phi) is 2.33. The monoisotopic (exact) mass is 130 g/mol. The lowest BCUT2D eigenvalue weighted by molar-refractivity contribution is -0.384. The number of aromatic nitrogens is 2. The molecule has 0 fully saturated rings. The van der Waals surface area contributed by atoms with E-state index in [1.807, 2.05) is 0 Å². The summed E-state index contributed by atoms with van der Waals surface area (Å²) in [6.07, 6.45) is 2.38. The Bertz CT molecular complexity index is 182. The first kappa shape index (κ1) is 7.57. The maximum atomic E-state index is 9.81. The molecule has 0 aromatic carbocycles. The molecule has 6 heteroatoms. The van der Waals surface area contributed by atoms with Gasteiger partial charge in [0.2, 0.25) is 0 Å². The lowest BCUT2D eigenvalue weighted by atomic mass is 10.6. The number of H-pyrrole nitrogens is 1. The molecule has 0 saturated heterocycles. The molecule has 1 aromatic rings. The van der Waals surface area contributed by atoms with Gasteiger partial charge in [0.15, 0.2) is 0 Å². The zero-order chi connectivity index (χ0) is 5.98. The van der Waals surface area contributed by atoms with Crippen LogP contribution in [0.3, 0.4) is 0 Å². The van der Waals surface area contributed by atoms with E-state index in [2.05, 4.69) is 10.2 Å². The van der Waals surface area contributed by atoms with Crippen LogP contribution < -0.4 is 6.15 Å². The number of nitrogens with one attached hydrogen (secondary N) is 1. The molecule has 0 atom stereocenters. The predicted octanol–water partition coefficient (Wildman–Crippen LogP) is 0.480. The minimum Gasteiger partial charge on any atom is -0.344 e. The Hall–Kier alpha value is -1.43. The Labute approximate surface area is 50.6 Å². The average molecular weight is 130 g/mol. The van der Waals surface area contributed by atoms with Crippen molar-refractivity contribution < 1.29 is 4.92 Å². The molecule has 50 valence electrons. The topological polar surface area (TPSA) is 107 Å². The van der Waals surface area contributed by atoms with Crippen LogP contribution in [0.5, 0.6) is 0 Å².